The highest BCUT2D eigenvalue weighted by atomic mass is 16.5. The molecule has 1 heterocycles. The van der Waals surface area contributed by atoms with Crippen molar-refractivity contribution < 1.29 is 14.3 Å². The van der Waals surface area contributed by atoms with Crippen LogP contribution in [0.1, 0.15) is 47.5 Å². The number of carbonyl (C=O) groups excluding carboxylic acids is 1. The van der Waals surface area contributed by atoms with Crippen LogP contribution in [-0.2, 0) is 9.47 Å². The van der Waals surface area contributed by atoms with Gasteiger partial charge in [0.15, 0.2) is 0 Å². The largest absolute Gasteiger partial charge is 0.379 e. The zero-order valence-electron chi connectivity index (χ0n) is 14.6. The van der Waals surface area contributed by atoms with Crippen LogP contribution in [0.4, 0.5) is 4.79 Å². The number of amides is 2. The van der Waals surface area contributed by atoms with Crippen molar-refractivity contribution in [2.75, 3.05) is 19.8 Å². The van der Waals surface area contributed by atoms with Gasteiger partial charge in [0.1, 0.15) is 0 Å². The Kier molecular flexibility index (Phi) is 5.72. The van der Waals surface area contributed by atoms with Crippen molar-refractivity contribution in [3.05, 3.63) is 0 Å². The SMILES string of the molecule is CC(C)COC[C@H](C)NC(=O)N[C@@H]1[C@@H]2CCCO[C@@H]2C1(C)C. The van der Waals surface area contributed by atoms with Gasteiger partial charge in [0.05, 0.1) is 18.8 Å². The highest BCUT2D eigenvalue weighted by molar-refractivity contribution is 5.75. The third kappa shape index (κ3) is 3.93. The zero-order chi connectivity index (χ0) is 16.3. The van der Waals surface area contributed by atoms with Crippen LogP contribution >= 0.6 is 0 Å². The lowest BCUT2D eigenvalue weighted by molar-refractivity contribution is -0.189. The van der Waals surface area contributed by atoms with E-state index in [1.807, 2.05) is 6.92 Å². The topological polar surface area (TPSA) is 59.6 Å². The molecule has 1 aliphatic carbocycles. The number of ether oxygens (including phenoxy) is 2. The van der Waals surface area contributed by atoms with Gasteiger partial charge in [-0.25, -0.2) is 4.79 Å². The Bertz CT molecular complexity index is 384. The summed E-state index contributed by atoms with van der Waals surface area (Å²) in [4.78, 5) is 12.2. The van der Waals surface area contributed by atoms with Crippen LogP contribution in [0, 0.1) is 17.3 Å². The van der Waals surface area contributed by atoms with E-state index in [-0.39, 0.29) is 23.5 Å². The second-order valence-electron chi connectivity index (χ2n) is 7.85. The maximum Gasteiger partial charge on any atom is 0.315 e. The van der Waals surface area contributed by atoms with Crippen molar-refractivity contribution >= 4 is 6.03 Å². The van der Waals surface area contributed by atoms with Gasteiger partial charge in [-0.05, 0) is 25.7 Å². The number of nitrogens with one attached hydrogen (secondary N) is 2. The molecule has 2 amide bonds. The third-order valence-electron chi connectivity index (χ3n) is 4.81. The molecule has 5 heteroatoms. The molecule has 5 nitrogen and oxygen atoms in total. The minimum absolute atomic E-state index is 0.0137. The second-order valence-corrected chi connectivity index (χ2v) is 7.85. The first-order chi connectivity index (χ1) is 10.3. The van der Waals surface area contributed by atoms with E-state index >= 15 is 0 Å². The van der Waals surface area contributed by atoms with Crippen LogP contribution in [0.25, 0.3) is 0 Å². The Morgan fingerprint density at radius 1 is 1.32 bits per heavy atom. The van der Waals surface area contributed by atoms with Crippen LogP contribution in [0.5, 0.6) is 0 Å². The molecule has 128 valence electrons. The summed E-state index contributed by atoms with van der Waals surface area (Å²) in [5, 5.41) is 6.12. The van der Waals surface area contributed by atoms with Gasteiger partial charge in [-0.2, -0.15) is 0 Å². The Morgan fingerprint density at radius 3 is 2.73 bits per heavy atom. The smallest absolute Gasteiger partial charge is 0.315 e. The summed E-state index contributed by atoms with van der Waals surface area (Å²) in [5.41, 5.74) is 0.0137. The Balaban J connectivity index is 1.74. The first-order valence-corrected chi connectivity index (χ1v) is 8.58. The van der Waals surface area contributed by atoms with Gasteiger partial charge in [0.2, 0.25) is 0 Å². The molecule has 2 N–H and O–H groups in total. The van der Waals surface area contributed by atoms with E-state index in [1.54, 1.807) is 0 Å². The Hall–Kier alpha value is -0.810. The van der Waals surface area contributed by atoms with Crippen molar-refractivity contribution in [1.82, 2.24) is 10.6 Å². The predicted octanol–water partition coefficient (Wildman–Crippen LogP) is 2.55. The van der Waals surface area contributed by atoms with E-state index in [9.17, 15) is 4.79 Å². The third-order valence-corrected chi connectivity index (χ3v) is 4.81. The lowest BCUT2D eigenvalue weighted by Gasteiger charge is -2.59. The first kappa shape index (κ1) is 17.5. The molecule has 4 atom stereocenters. The fourth-order valence-corrected chi connectivity index (χ4v) is 3.74. The van der Waals surface area contributed by atoms with E-state index in [0.717, 1.165) is 26.1 Å². The maximum absolute atomic E-state index is 12.2. The van der Waals surface area contributed by atoms with Gasteiger partial charge in [0, 0.05) is 30.6 Å². The van der Waals surface area contributed by atoms with Gasteiger partial charge < -0.3 is 20.1 Å². The average molecular weight is 312 g/mol. The number of urea groups is 1. The molecule has 0 aromatic carbocycles. The Morgan fingerprint density at radius 2 is 2.05 bits per heavy atom. The lowest BCUT2D eigenvalue weighted by Crippen LogP contribution is -2.71. The predicted molar refractivity (Wildman–Crippen MR) is 86.8 cm³/mol. The van der Waals surface area contributed by atoms with Gasteiger partial charge in [-0.3, -0.25) is 0 Å². The first-order valence-electron chi connectivity index (χ1n) is 8.58. The molecule has 0 spiro atoms. The maximum atomic E-state index is 12.2. The minimum Gasteiger partial charge on any atom is -0.379 e. The highest BCUT2D eigenvalue weighted by Crippen LogP contribution is 2.51. The van der Waals surface area contributed by atoms with Gasteiger partial charge in [0.25, 0.3) is 0 Å². The minimum atomic E-state index is -0.0947. The molecular weight excluding hydrogens is 280 g/mol. The van der Waals surface area contributed by atoms with Crippen molar-refractivity contribution in [2.24, 2.45) is 17.3 Å². The molecule has 0 radical (unpaired) electrons. The molecule has 0 bridgehead atoms. The fraction of sp³-hybridized carbons (Fsp3) is 0.941. The molecule has 2 rings (SSSR count). The zero-order valence-corrected chi connectivity index (χ0v) is 14.6. The molecule has 2 aliphatic rings. The van der Waals surface area contributed by atoms with Crippen LogP contribution in [0.15, 0.2) is 0 Å². The number of fused-ring (bicyclic) bond motifs is 1. The molecule has 2 fully saturated rings. The lowest BCUT2D eigenvalue weighted by atomic mass is 9.55. The van der Waals surface area contributed by atoms with E-state index < -0.39 is 0 Å². The van der Waals surface area contributed by atoms with Crippen LogP contribution in [0.2, 0.25) is 0 Å². The number of carbonyl (C=O) groups is 1. The van der Waals surface area contributed by atoms with E-state index in [2.05, 4.69) is 38.3 Å². The quantitative estimate of drug-likeness (QED) is 0.792. The molecule has 1 saturated heterocycles. The summed E-state index contributed by atoms with van der Waals surface area (Å²) in [6, 6.07) is 0.115. The summed E-state index contributed by atoms with van der Waals surface area (Å²) in [6.07, 6.45) is 2.53. The average Bonchev–Trinajstić information content (AvgIpc) is 2.44. The summed E-state index contributed by atoms with van der Waals surface area (Å²) in [6.45, 7) is 12.7. The summed E-state index contributed by atoms with van der Waals surface area (Å²) in [7, 11) is 0. The molecule has 22 heavy (non-hydrogen) atoms. The number of hydrogen-bond donors (Lipinski definition) is 2. The summed E-state index contributed by atoms with van der Waals surface area (Å²) in [5.74, 6) is 0.974. The van der Waals surface area contributed by atoms with Gasteiger partial charge in [-0.15, -0.1) is 0 Å². The number of hydrogen-bond acceptors (Lipinski definition) is 3. The van der Waals surface area contributed by atoms with Crippen molar-refractivity contribution in [3.8, 4) is 0 Å². The second kappa shape index (κ2) is 7.18. The molecule has 1 aliphatic heterocycles. The van der Waals surface area contributed by atoms with Crippen LogP contribution < -0.4 is 10.6 Å². The highest BCUT2D eigenvalue weighted by Gasteiger charge is 2.58. The molecule has 0 aromatic heterocycles. The summed E-state index contributed by atoms with van der Waals surface area (Å²) < 4.78 is 11.4. The van der Waals surface area contributed by atoms with Crippen molar-refractivity contribution in [1.29, 1.82) is 0 Å². The van der Waals surface area contributed by atoms with Crippen LogP contribution in [-0.4, -0.2) is 44.0 Å². The fourth-order valence-electron chi connectivity index (χ4n) is 3.74. The van der Waals surface area contributed by atoms with E-state index in [4.69, 9.17) is 9.47 Å². The molecule has 1 saturated carbocycles. The Labute approximate surface area is 134 Å². The van der Waals surface area contributed by atoms with Gasteiger partial charge >= 0.3 is 6.03 Å². The van der Waals surface area contributed by atoms with Crippen molar-refractivity contribution in [3.63, 3.8) is 0 Å². The summed E-state index contributed by atoms with van der Waals surface area (Å²) >= 11 is 0. The van der Waals surface area contributed by atoms with Gasteiger partial charge in [-0.1, -0.05) is 27.7 Å². The van der Waals surface area contributed by atoms with Crippen molar-refractivity contribution in [2.45, 2.75) is 65.6 Å². The molecule has 0 unspecified atom stereocenters. The standard InChI is InChI=1S/C17H32N2O3/c1-11(2)9-21-10-12(3)18-16(20)19-14-13-7-6-8-22-15(13)17(14,4)5/h11-15H,6-10H2,1-5H3,(H2,18,19,20)/t12-,13-,14+,15-/m0/s1. The van der Waals surface area contributed by atoms with E-state index in [0.29, 0.717) is 24.5 Å². The molecule has 0 aromatic rings. The van der Waals surface area contributed by atoms with E-state index in [1.165, 1.54) is 0 Å². The normalized spacial score (nSPS) is 31.1. The molecular formula is C17H32N2O3. The van der Waals surface area contributed by atoms with Crippen LogP contribution in [0.3, 0.4) is 0 Å². The number of rotatable bonds is 6. The monoisotopic (exact) mass is 312 g/mol.